The van der Waals surface area contributed by atoms with E-state index in [9.17, 15) is 4.79 Å². The van der Waals surface area contributed by atoms with Crippen LogP contribution in [0.15, 0.2) is 5.38 Å². The molecular formula is C13H23N3OS. The van der Waals surface area contributed by atoms with Gasteiger partial charge in [-0.25, -0.2) is 4.98 Å². The summed E-state index contributed by atoms with van der Waals surface area (Å²) in [6.45, 7) is 8.19. The number of thiazole rings is 1. The van der Waals surface area contributed by atoms with Gasteiger partial charge in [-0.15, -0.1) is 11.3 Å². The average Bonchev–Trinajstić information content (AvgIpc) is 2.75. The SMILES string of the molecule is CCC(C)NC(=O)Cc1csc(C(N)C(C)C)n1. The Morgan fingerprint density at radius 1 is 1.50 bits per heavy atom. The van der Waals surface area contributed by atoms with Crippen LogP contribution in [0.2, 0.25) is 0 Å². The molecule has 0 aliphatic rings. The van der Waals surface area contributed by atoms with E-state index in [1.54, 1.807) is 0 Å². The van der Waals surface area contributed by atoms with Gasteiger partial charge in [-0.05, 0) is 19.3 Å². The van der Waals surface area contributed by atoms with Crippen LogP contribution in [0, 0.1) is 5.92 Å². The molecule has 0 fully saturated rings. The zero-order valence-corrected chi connectivity index (χ0v) is 12.4. The molecular weight excluding hydrogens is 246 g/mol. The first-order chi connectivity index (χ1) is 8.43. The lowest BCUT2D eigenvalue weighted by Crippen LogP contribution is -2.33. The second-order valence-corrected chi connectivity index (χ2v) is 5.89. The van der Waals surface area contributed by atoms with E-state index in [1.807, 2.05) is 19.2 Å². The van der Waals surface area contributed by atoms with Crippen molar-refractivity contribution in [3.05, 3.63) is 16.1 Å². The quantitative estimate of drug-likeness (QED) is 0.832. The Kier molecular flexibility index (Phi) is 5.75. The zero-order valence-electron chi connectivity index (χ0n) is 11.6. The second-order valence-electron chi connectivity index (χ2n) is 5.00. The third kappa shape index (κ3) is 4.38. The van der Waals surface area contributed by atoms with Crippen LogP contribution in [-0.4, -0.2) is 16.9 Å². The highest BCUT2D eigenvalue weighted by atomic mass is 32.1. The molecule has 5 heteroatoms. The summed E-state index contributed by atoms with van der Waals surface area (Å²) < 4.78 is 0. The van der Waals surface area contributed by atoms with Gasteiger partial charge in [0.15, 0.2) is 0 Å². The summed E-state index contributed by atoms with van der Waals surface area (Å²) in [6.07, 6.45) is 1.28. The molecule has 2 atom stereocenters. The van der Waals surface area contributed by atoms with Gasteiger partial charge in [-0.3, -0.25) is 4.79 Å². The summed E-state index contributed by atoms with van der Waals surface area (Å²) in [4.78, 5) is 16.2. The third-order valence-corrected chi connectivity index (χ3v) is 3.93. The van der Waals surface area contributed by atoms with Gasteiger partial charge < -0.3 is 11.1 Å². The van der Waals surface area contributed by atoms with Gasteiger partial charge in [-0.2, -0.15) is 0 Å². The first-order valence-electron chi connectivity index (χ1n) is 6.43. The molecule has 0 aliphatic carbocycles. The van der Waals surface area contributed by atoms with Gasteiger partial charge in [0, 0.05) is 11.4 Å². The lowest BCUT2D eigenvalue weighted by atomic mass is 10.1. The smallest absolute Gasteiger partial charge is 0.226 e. The molecule has 18 heavy (non-hydrogen) atoms. The van der Waals surface area contributed by atoms with Crippen LogP contribution in [0.5, 0.6) is 0 Å². The fraction of sp³-hybridized carbons (Fsp3) is 0.692. The minimum atomic E-state index is -0.0404. The molecule has 1 aromatic heterocycles. The second kappa shape index (κ2) is 6.85. The normalized spacial score (nSPS) is 14.6. The first kappa shape index (κ1) is 15.1. The van der Waals surface area contributed by atoms with Gasteiger partial charge in [0.25, 0.3) is 0 Å². The van der Waals surface area contributed by atoms with Crippen LogP contribution in [0.3, 0.4) is 0 Å². The predicted molar refractivity (Wildman–Crippen MR) is 75.5 cm³/mol. The van der Waals surface area contributed by atoms with Crippen molar-refractivity contribution in [1.82, 2.24) is 10.3 Å². The number of rotatable bonds is 6. The molecule has 2 unspecified atom stereocenters. The Hall–Kier alpha value is -0.940. The van der Waals surface area contributed by atoms with Gasteiger partial charge >= 0.3 is 0 Å². The average molecular weight is 269 g/mol. The number of hydrogen-bond donors (Lipinski definition) is 2. The molecule has 102 valence electrons. The number of amides is 1. The largest absolute Gasteiger partial charge is 0.353 e. The topological polar surface area (TPSA) is 68.0 Å². The maximum absolute atomic E-state index is 11.7. The van der Waals surface area contributed by atoms with E-state index in [0.29, 0.717) is 12.3 Å². The van der Waals surface area contributed by atoms with E-state index in [4.69, 9.17) is 5.73 Å². The highest BCUT2D eigenvalue weighted by Crippen LogP contribution is 2.22. The van der Waals surface area contributed by atoms with Gasteiger partial charge in [-0.1, -0.05) is 20.8 Å². The van der Waals surface area contributed by atoms with E-state index < -0.39 is 0 Å². The summed E-state index contributed by atoms with van der Waals surface area (Å²) in [7, 11) is 0. The molecule has 1 rings (SSSR count). The molecule has 0 saturated heterocycles. The van der Waals surface area contributed by atoms with Crippen molar-refractivity contribution in [3.8, 4) is 0 Å². The van der Waals surface area contributed by atoms with Crippen molar-refractivity contribution in [2.75, 3.05) is 0 Å². The number of nitrogens with two attached hydrogens (primary N) is 1. The maximum Gasteiger partial charge on any atom is 0.226 e. The summed E-state index contributed by atoms with van der Waals surface area (Å²) in [5.41, 5.74) is 6.84. The molecule has 0 aliphatic heterocycles. The van der Waals surface area contributed by atoms with Gasteiger partial charge in [0.05, 0.1) is 18.2 Å². The molecule has 0 saturated carbocycles. The molecule has 3 N–H and O–H groups in total. The van der Waals surface area contributed by atoms with E-state index in [-0.39, 0.29) is 18.0 Å². The summed E-state index contributed by atoms with van der Waals surface area (Å²) >= 11 is 1.54. The van der Waals surface area contributed by atoms with Crippen LogP contribution < -0.4 is 11.1 Å². The van der Waals surface area contributed by atoms with Gasteiger partial charge in [0.2, 0.25) is 5.91 Å². The van der Waals surface area contributed by atoms with Crippen molar-refractivity contribution < 1.29 is 4.79 Å². The number of aromatic nitrogens is 1. The lowest BCUT2D eigenvalue weighted by molar-refractivity contribution is -0.121. The molecule has 1 heterocycles. The third-order valence-electron chi connectivity index (χ3n) is 2.93. The Labute approximate surface area is 113 Å². The predicted octanol–water partition coefficient (Wildman–Crippen LogP) is 2.26. The number of carbonyl (C=O) groups is 1. The van der Waals surface area contributed by atoms with Gasteiger partial charge in [0.1, 0.15) is 5.01 Å². The number of carbonyl (C=O) groups excluding carboxylic acids is 1. The molecule has 0 spiro atoms. The molecule has 0 bridgehead atoms. The Bertz CT molecular complexity index is 389. The Morgan fingerprint density at radius 3 is 2.72 bits per heavy atom. The van der Waals surface area contributed by atoms with Crippen molar-refractivity contribution in [3.63, 3.8) is 0 Å². The molecule has 1 amide bonds. The molecule has 4 nitrogen and oxygen atoms in total. The first-order valence-corrected chi connectivity index (χ1v) is 7.31. The monoisotopic (exact) mass is 269 g/mol. The van der Waals surface area contributed by atoms with Crippen LogP contribution in [0.1, 0.15) is 50.9 Å². The Balaban J connectivity index is 2.56. The highest BCUT2D eigenvalue weighted by Gasteiger charge is 2.16. The van der Waals surface area contributed by atoms with Crippen molar-refractivity contribution in [2.24, 2.45) is 11.7 Å². The highest BCUT2D eigenvalue weighted by molar-refractivity contribution is 7.09. The minimum Gasteiger partial charge on any atom is -0.353 e. The number of nitrogens with one attached hydrogen (secondary N) is 1. The van der Waals surface area contributed by atoms with Crippen LogP contribution in [0.4, 0.5) is 0 Å². The standard InChI is InChI=1S/C13H23N3OS/c1-5-9(4)15-11(17)6-10-7-18-13(16-10)12(14)8(2)3/h7-9,12H,5-6,14H2,1-4H3,(H,15,17). The minimum absolute atomic E-state index is 0.0271. The van der Waals surface area contributed by atoms with Crippen LogP contribution in [0.25, 0.3) is 0 Å². The summed E-state index contributed by atoms with van der Waals surface area (Å²) in [5.74, 6) is 0.386. The fourth-order valence-electron chi connectivity index (χ4n) is 1.43. The van der Waals surface area contributed by atoms with E-state index in [2.05, 4.69) is 24.1 Å². The zero-order chi connectivity index (χ0) is 13.7. The van der Waals surface area contributed by atoms with Crippen LogP contribution >= 0.6 is 11.3 Å². The summed E-state index contributed by atoms with van der Waals surface area (Å²) in [6, 6.07) is 0.176. The maximum atomic E-state index is 11.7. The van der Waals surface area contributed by atoms with E-state index in [0.717, 1.165) is 17.1 Å². The van der Waals surface area contributed by atoms with Crippen LogP contribution in [-0.2, 0) is 11.2 Å². The van der Waals surface area contributed by atoms with E-state index in [1.165, 1.54) is 11.3 Å². The summed E-state index contributed by atoms with van der Waals surface area (Å²) in [5, 5.41) is 5.77. The fourth-order valence-corrected chi connectivity index (χ4v) is 2.43. The van der Waals surface area contributed by atoms with Crippen molar-refractivity contribution in [2.45, 2.75) is 52.6 Å². The Morgan fingerprint density at radius 2 is 2.17 bits per heavy atom. The molecule has 0 radical (unpaired) electrons. The molecule has 1 aromatic rings. The number of nitrogens with zero attached hydrogens (tertiary/aromatic N) is 1. The number of hydrogen-bond acceptors (Lipinski definition) is 4. The van der Waals surface area contributed by atoms with Crippen molar-refractivity contribution in [1.29, 1.82) is 0 Å². The van der Waals surface area contributed by atoms with E-state index >= 15 is 0 Å². The lowest BCUT2D eigenvalue weighted by Gasteiger charge is -2.12. The van der Waals surface area contributed by atoms with Crippen molar-refractivity contribution >= 4 is 17.2 Å². The molecule has 0 aromatic carbocycles.